The second-order valence-corrected chi connectivity index (χ2v) is 5.11. The number of rotatable bonds is 2. The number of halogens is 4. The molecule has 0 bridgehead atoms. The molecule has 1 aromatic carbocycles. The number of benzene rings is 1. The first-order valence-electron chi connectivity index (χ1n) is 5.98. The maximum atomic E-state index is 12.5. The van der Waals surface area contributed by atoms with Gasteiger partial charge in [-0.25, -0.2) is 0 Å². The lowest BCUT2D eigenvalue weighted by Crippen LogP contribution is -2.23. The highest BCUT2D eigenvalue weighted by atomic mass is 35.5. The highest BCUT2D eigenvalue weighted by Crippen LogP contribution is 2.33. The van der Waals surface area contributed by atoms with Crippen LogP contribution in [0, 0.1) is 11.3 Å². The molecule has 0 spiro atoms. The van der Waals surface area contributed by atoms with Gasteiger partial charge in [0.05, 0.1) is 17.3 Å². The molecule has 1 unspecified atom stereocenters. The minimum atomic E-state index is -4.45. The van der Waals surface area contributed by atoms with Crippen molar-refractivity contribution in [2.45, 2.75) is 18.5 Å². The first kappa shape index (κ1) is 15.3. The molecule has 0 aliphatic carbocycles. The molecule has 0 fully saturated rings. The first-order chi connectivity index (χ1) is 9.77. The number of nitriles is 1. The summed E-state index contributed by atoms with van der Waals surface area (Å²) in [6.07, 6.45) is -3.71. The van der Waals surface area contributed by atoms with E-state index in [1.54, 1.807) is 31.2 Å². The van der Waals surface area contributed by atoms with Crippen LogP contribution in [0.15, 0.2) is 42.6 Å². The summed E-state index contributed by atoms with van der Waals surface area (Å²) in [7, 11) is 0. The predicted octanol–water partition coefficient (Wildman–Crippen LogP) is 4.58. The standard InChI is InChI=1S/C15H10ClF3N2/c1-14(9-20,10-2-5-12(16)6-3-10)13-7-4-11(8-21-13)15(17,18)19/h2-8H,1H3. The van der Waals surface area contributed by atoms with Crippen molar-refractivity contribution < 1.29 is 13.2 Å². The maximum Gasteiger partial charge on any atom is 0.417 e. The van der Waals surface area contributed by atoms with Crippen molar-refractivity contribution in [2.24, 2.45) is 0 Å². The first-order valence-corrected chi connectivity index (χ1v) is 6.36. The van der Waals surface area contributed by atoms with Crippen molar-refractivity contribution in [1.29, 1.82) is 5.26 Å². The Morgan fingerprint density at radius 2 is 1.62 bits per heavy atom. The molecule has 1 heterocycles. The third-order valence-electron chi connectivity index (χ3n) is 3.25. The van der Waals surface area contributed by atoms with Crippen molar-refractivity contribution in [1.82, 2.24) is 4.98 Å². The average Bonchev–Trinajstić information content (AvgIpc) is 2.46. The van der Waals surface area contributed by atoms with Crippen LogP contribution in [-0.2, 0) is 11.6 Å². The van der Waals surface area contributed by atoms with Crippen LogP contribution in [0.3, 0.4) is 0 Å². The van der Waals surface area contributed by atoms with Gasteiger partial charge in [-0.05, 0) is 36.8 Å². The van der Waals surface area contributed by atoms with Crippen LogP contribution >= 0.6 is 11.6 Å². The number of hydrogen-bond acceptors (Lipinski definition) is 2. The van der Waals surface area contributed by atoms with Gasteiger partial charge in [0.1, 0.15) is 5.41 Å². The second kappa shape index (κ2) is 5.38. The smallest absolute Gasteiger partial charge is 0.259 e. The highest BCUT2D eigenvalue weighted by Gasteiger charge is 2.34. The van der Waals surface area contributed by atoms with Crippen molar-refractivity contribution in [3.8, 4) is 6.07 Å². The summed E-state index contributed by atoms with van der Waals surface area (Å²) in [6.45, 7) is 1.60. The van der Waals surface area contributed by atoms with Gasteiger partial charge in [-0.2, -0.15) is 18.4 Å². The second-order valence-electron chi connectivity index (χ2n) is 4.67. The monoisotopic (exact) mass is 310 g/mol. The summed E-state index contributed by atoms with van der Waals surface area (Å²) in [4.78, 5) is 3.81. The molecule has 0 aliphatic heterocycles. The normalized spacial score (nSPS) is 14.3. The molecular formula is C15H10ClF3N2. The Bertz CT molecular complexity index is 672. The van der Waals surface area contributed by atoms with E-state index in [2.05, 4.69) is 11.1 Å². The zero-order chi connectivity index (χ0) is 15.7. The lowest BCUT2D eigenvalue weighted by atomic mass is 9.80. The molecule has 0 radical (unpaired) electrons. The van der Waals surface area contributed by atoms with E-state index in [1.165, 1.54) is 6.07 Å². The minimum Gasteiger partial charge on any atom is -0.259 e. The van der Waals surface area contributed by atoms with Crippen LogP contribution in [-0.4, -0.2) is 4.98 Å². The Morgan fingerprint density at radius 1 is 1.05 bits per heavy atom. The van der Waals surface area contributed by atoms with Crippen LogP contribution in [0.2, 0.25) is 5.02 Å². The van der Waals surface area contributed by atoms with E-state index in [9.17, 15) is 18.4 Å². The van der Waals surface area contributed by atoms with E-state index in [-0.39, 0.29) is 5.69 Å². The fourth-order valence-electron chi connectivity index (χ4n) is 1.91. The number of alkyl halides is 3. The Labute approximate surface area is 124 Å². The number of hydrogen-bond donors (Lipinski definition) is 0. The van der Waals surface area contributed by atoms with Gasteiger partial charge < -0.3 is 0 Å². The summed E-state index contributed by atoms with van der Waals surface area (Å²) >= 11 is 5.80. The summed E-state index contributed by atoms with van der Waals surface area (Å²) in [5.41, 5.74) is -1.13. The topological polar surface area (TPSA) is 36.7 Å². The third-order valence-corrected chi connectivity index (χ3v) is 3.50. The van der Waals surface area contributed by atoms with Crippen molar-refractivity contribution >= 4 is 11.6 Å². The molecular weight excluding hydrogens is 301 g/mol. The zero-order valence-corrected chi connectivity index (χ0v) is 11.7. The molecule has 2 nitrogen and oxygen atoms in total. The van der Waals surface area contributed by atoms with E-state index in [1.807, 2.05) is 0 Å². The number of pyridine rings is 1. The largest absolute Gasteiger partial charge is 0.417 e. The molecule has 2 rings (SSSR count). The van der Waals surface area contributed by atoms with Gasteiger partial charge >= 0.3 is 6.18 Å². The SMILES string of the molecule is CC(C#N)(c1ccc(Cl)cc1)c1ccc(C(F)(F)F)cn1. The van der Waals surface area contributed by atoms with Crippen LogP contribution in [0.4, 0.5) is 13.2 Å². The van der Waals surface area contributed by atoms with Gasteiger partial charge in [0.15, 0.2) is 0 Å². The van der Waals surface area contributed by atoms with E-state index >= 15 is 0 Å². The van der Waals surface area contributed by atoms with Gasteiger partial charge in [0.25, 0.3) is 0 Å². The number of aromatic nitrogens is 1. The molecule has 6 heteroatoms. The summed E-state index contributed by atoms with van der Waals surface area (Å²) in [6, 6.07) is 10.8. The van der Waals surface area contributed by atoms with Crippen molar-refractivity contribution in [3.63, 3.8) is 0 Å². The molecule has 1 atom stereocenters. The molecule has 0 saturated carbocycles. The quantitative estimate of drug-likeness (QED) is 0.814. The molecule has 0 aliphatic rings. The maximum absolute atomic E-state index is 12.5. The Hall–Kier alpha value is -2.06. The summed E-state index contributed by atoms with van der Waals surface area (Å²) in [5.74, 6) is 0. The van der Waals surface area contributed by atoms with Crippen LogP contribution in [0.1, 0.15) is 23.7 Å². The molecule has 108 valence electrons. The molecule has 2 aromatic rings. The number of nitrogens with zero attached hydrogens (tertiary/aromatic N) is 2. The lowest BCUT2D eigenvalue weighted by Gasteiger charge is -2.22. The predicted molar refractivity (Wildman–Crippen MR) is 72.8 cm³/mol. The fraction of sp³-hybridized carbons (Fsp3) is 0.200. The van der Waals surface area contributed by atoms with E-state index in [0.717, 1.165) is 12.3 Å². The Balaban J connectivity index is 2.46. The van der Waals surface area contributed by atoms with Crippen molar-refractivity contribution in [3.05, 3.63) is 64.4 Å². The van der Waals surface area contributed by atoms with Crippen LogP contribution in [0.5, 0.6) is 0 Å². The zero-order valence-electron chi connectivity index (χ0n) is 10.9. The van der Waals surface area contributed by atoms with E-state index in [4.69, 9.17) is 11.6 Å². The lowest BCUT2D eigenvalue weighted by molar-refractivity contribution is -0.137. The van der Waals surface area contributed by atoms with Gasteiger partial charge in [-0.15, -0.1) is 0 Å². The van der Waals surface area contributed by atoms with Crippen LogP contribution < -0.4 is 0 Å². The van der Waals surface area contributed by atoms with Gasteiger partial charge in [0.2, 0.25) is 0 Å². The fourth-order valence-corrected chi connectivity index (χ4v) is 2.04. The highest BCUT2D eigenvalue weighted by molar-refractivity contribution is 6.30. The molecule has 1 aromatic heterocycles. The third kappa shape index (κ3) is 3.01. The Morgan fingerprint density at radius 3 is 2.05 bits per heavy atom. The van der Waals surface area contributed by atoms with Gasteiger partial charge in [-0.3, -0.25) is 4.98 Å². The van der Waals surface area contributed by atoms with E-state index in [0.29, 0.717) is 10.6 Å². The van der Waals surface area contributed by atoms with Gasteiger partial charge in [-0.1, -0.05) is 23.7 Å². The minimum absolute atomic E-state index is 0.250. The van der Waals surface area contributed by atoms with E-state index < -0.39 is 17.2 Å². The van der Waals surface area contributed by atoms with Crippen LogP contribution in [0.25, 0.3) is 0 Å². The molecule has 0 amide bonds. The Kier molecular flexibility index (Phi) is 3.93. The summed E-state index contributed by atoms with van der Waals surface area (Å²) in [5, 5.41) is 9.96. The average molecular weight is 311 g/mol. The van der Waals surface area contributed by atoms with Crippen molar-refractivity contribution in [2.75, 3.05) is 0 Å². The molecule has 0 N–H and O–H groups in total. The molecule has 21 heavy (non-hydrogen) atoms. The van der Waals surface area contributed by atoms with Gasteiger partial charge in [0, 0.05) is 11.2 Å². The summed E-state index contributed by atoms with van der Waals surface area (Å²) < 4.78 is 37.6. The molecule has 0 saturated heterocycles.